The molecule has 0 fully saturated rings. The van der Waals surface area contributed by atoms with Crippen molar-refractivity contribution >= 4 is 28.3 Å². The molecule has 1 aromatic carbocycles. The van der Waals surface area contributed by atoms with E-state index < -0.39 is 0 Å². The van der Waals surface area contributed by atoms with Crippen molar-refractivity contribution in [3.8, 4) is 12.3 Å². The summed E-state index contributed by atoms with van der Waals surface area (Å²) in [5.74, 6) is 3.30. The van der Waals surface area contributed by atoms with Crippen LogP contribution in [0.15, 0.2) is 24.3 Å². The Morgan fingerprint density at radius 2 is 1.88 bits per heavy atom. The monoisotopic (exact) mass is 360 g/mol. The Kier molecular flexibility index (Phi) is 11.0. The molecule has 17 heavy (non-hydrogen) atoms. The van der Waals surface area contributed by atoms with E-state index in [0.29, 0.717) is 5.92 Å². The third-order valence-electron chi connectivity index (χ3n) is 2.55. The molecule has 0 aliphatic carbocycles. The van der Waals surface area contributed by atoms with Crippen LogP contribution >= 0.6 is 28.3 Å². The molecule has 1 rings (SSSR count). The summed E-state index contributed by atoms with van der Waals surface area (Å²) < 4.78 is 0. The lowest BCUT2D eigenvalue weighted by Gasteiger charge is -2.11. The molecule has 1 aromatic rings. The van der Waals surface area contributed by atoms with Gasteiger partial charge in [0.2, 0.25) is 0 Å². The zero-order chi connectivity index (χ0) is 13.1. The molecule has 0 N–H and O–H groups in total. The molecule has 0 bridgehead atoms. The number of rotatable bonds is 5. The summed E-state index contributed by atoms with van der Waals surface area (Å²) >= 11 is 2.46. The summed E-state index contributed by atoms with van der Waals surface area (Å²) in [6.07, 6.45) is 10.4. The normalized spacial score (nSPS) is 11.7. The Labute approximate surface area is 121 Å². The first kappa shape index (κ1) is 16.9. The Morgan fingerprint density at radius 1 is 1.29 bits per heavy atom. The van der Waals surface area contributed by atoms with Crippen LogP contribution in [-0.2, 0) is 0 Å². The SMILES string of the molecule is C#Cc1ccc(C(C)CCCPI)cc1.CC. The summed E-state index contributed by atoms with van der Waals surface area (Å²) in [5, 5.41) is 0. The topological polar surface area (TPSA) is 0 Å². The molecule has 0 amide bonds. The first-order valence-electron chi connectivity index (χ1n) is 6.18. The van der Waals surface area contributed by atoms with Gasteiger partial charge in [0.1, 0.15) is 0 Å². The molecule has 0 nitrogen and oxygen atoms in total. The average molecular weight is 360 g/mol. The van der Waals surface area contributed by atoms with Crippen molar-refractivity contribution in [1.82, 2.24) is 0 Å². The van der Waals surface area contributed by atoms with Gasteiger partial charge in [-0.2, -0.15) is 0 Å². The Bertz CT molecular complexity index is 324. The molecule has 0 heterocycles. The van der Waals surface area contributed by atoms with Crippen LogP contribution in [0.2, 0.25) is 0 Å². The van der Waals surface area contributed by atoms with Crippen LogP contribution < -0.4 is 0 Å². The second-order valence-electron chi connectivity index (χ2n) is 3.69. The fourth-order valence-electron chi connectivity index (χ4n) is 1.55. The molecule has 0 saturated heterocycles. The maximum Gasteiger partial charge on any atom is 0.0242 e. The van der Waals surface area contributed by atoms with Gasteiger partial charge in [0.25, 0.3) is 0 Å². The lowest BCUT2D eigenvalue weighted by atomic mass is 9.96. The highest BCUT2D eigenvalue weighted by molar-refractivity contribution is 14.2. The zero-order valence-corrected chi connectivity index (χ0v) is 14.1. The fraction of sp³-hybridized carbons (Fsp3) is 0.467. The van der Waals surface area contributed by atoms with Gasteiger partial charge in [-0.05, 0) is 42.6 Å². The van der Waals surface area contributed by atoms with E-state index in [-0.39, 0.29) is 0 Å². The van der Waals surface area contributed by atoms with E-state index in [1.54, 1.807) is 0 Å². The largest absolute Gasteiger partial charge is 0.115 e. The van der Waals surface area contributed by atoms with E-state index in [0.717, 1.165) is 11.8 Å². The van der Waals surface area contributed by atoms with Gasteiger partial charge in [0.15, 0.2) is 0 Å². The van der Waals surface area contributed by atoms with Crippen molar-refractivity contribution < 1.29 is 0 Å². The van der Waals surface area contributed by atoms with Crippen LogP contribution in [0.5, 0.6) is 0 Å². The van der Waals surface area contributed by atoms with Gasteiger partial charge in [-0.25, -0.2) is 0 Å². The predicted molar refractivity (Wildman–Crippen MR) is 90.6 cm³/mol. The molecular weight excluding hydrogens is 338 g/mol. The minimum absolute atomic E-state index is 0.657. The third-order valence-corrected chi connectivity index (χ3v) is 4.72. The summed E-state index contributed by atoms with van der Waals surface area (Å²) in [4.78, 5) is 0. The summed E-state index contributed by atoms with van der Waals surface area (Å²) in [6.45, 7) is 6.29. The van der Waals surface area contributed by atoms with Crippen LogP contribution in [0, 0.1) is 12.3 Å². The fourth-order valence-corrected chi connectivity index (χ4v) is 3.03. The van der Waals surface area contributed by atoms with Crippen molar-refractivity contribution in [2.75, 3.05) is 6.16 Å². The van der Waals surface area contributed by atoms with Gasteiger partial charge < -0.3 is 0 Å². The van der Waals surface area contributed by atoms with Crippen LogP contribution in [-0.4, -0.2) is 6.16 Å². The van der Waals surface area contributed by atoms with E-state index in [1.807, 2.05) is 26.0 Å². The number of terminal acetylenes is 1. The molecule has 0 spiro atoms. The first-order chi connectivity index (χ1) is 8.27. The van der Waals surface area contributed by atoms with Gasteiger partial charge in [0.05, 0.1) is 0 Å². The van der Waals surface area contributed by atoms with E-state index >= 15 is 0 Å². The van der Waals surface area contributed by atoms with Gasteiger partial charge in [0, 0.05) is 5.56 Å². The lowest BCUT2D eigenvalue weighted by Crippen LogP contribution is -1.94. The Hall–Kier alpha value is -0.0600. The van der Waals surface area contributed by atoms with Crippen molar-refractivity contribution in [2.45, 2.75) is 39.5 Å². The van der Waals surface area contributed by atoms with Gasteiger partial charge in [-0.1, -0.05) is 67.1 Å². The van der Waals surface area contributed by atoms with E-state index in [2.05, 4.69) is 47.0 Å². The van der Waals surface area contributed by atoms with E-state index in [1.165, 1.54) is 24.6 Å². The minimum Gasteiger partial charge on any atom is -0.115 e. The highest BCUT2D eigenvalue weighted by Crippen LogP contribution is 2.26. The number of benzene rings is 1. The molecule has 0 saturated carbocycles. The molecular formula is C15H22IP. The zero-order valence-electron chi connectivity index (χ0n) is 11.0. The van der Waals surface area contributed by atoms with E-state index in [9.17, 15) is 0 Å². The quantitative estimate of drug-likeness (QED) is 0.277. The molecule has 0 aromatic heterocycles. The number of halogens is 1. The second kappa shape index (κ2) is 11.1. The number of hydrogen-bond acceptors (Lipinski definition) is 0. The van der Waals surface area contributed by atoms with Crippen LogP contribution in [0.4, 0.5) is 0 Å². The molecule has 0 radical (unpaired) electrons. The van der Waals surface area contributed by atoms with Crippen molar-refractivity contribution in [3.63, 3.8) is 0 Å². The van der Waals surface area contributed by atoms with Gasteiger partial charge in [-0.15, -0.1) is 6.42 Å². The van der Waals surface area contributed by atoms with Crippen molar-refractivity contribution in [2.24, 2.45) is 0 Å². The van der Waals surface area contributed by atoms with Crippen LogP contribution in [0.1, 0.15) is 50.7 Å². The smallest absolute Gasteiger partial charge is 0.0242 e. The summed E-state index contributed by atoms with van der Waals surface area (Å²) in [6, 6.07) is 8.39. The molecule has 2 atom stereocenters. The summed E-state index contributed by atoms with van der Waals surface area (Å²) in [5.41, 5.74) is 2.38. The van der Waals surface area contributed by atoms with E-state index in [4.69, 9.17) is 6.42 Å². The standard InChI is InChI=1S/C13H16IP.C2H6/c1-3-12-6-8-13(9-7-12)11(2)5-4-10-15-14;1-2/h1,6-9,11,15H,4-5,10H2,2H3;1-2H3. The highest BCUT2D eigenvalue weighted by atomic mass is 127. The highest BCUT2D eigenvalue weighted by Gasteiger charge is 2.04. The van der Waals surface area contributed by atoms with Gasteiger partial charge >= 0.3 is 0 Å². The van der Waals surface area contributed by atoms with Gasteiger partial charge in [-0.3, -0.25) is 0 Å². The maximum absolute atomic E-state index is 5.32. The average Bonchev–Trinajstić information content (AvgIpc) is 2.41. The lowest BCUT2D eigenvalue weighted by molar-refractivity contribution is 0.669. The molecule has 94 valence electrons. The second-order valence-corrected chi connectivity index (χ2v) is 6.75. The van der Waals surface area contributed by atoms with Crippen molar-refractivity contribution in [3.05, 3.63) is 35.4 Å². The number of hydrogen-bond donors (Lipinski definition) is 0. The molecule has 2 unspecified atom stereocenters. The summed E-state index contributed by atoms with van der Waals surface area (Å²) in [7, 11) is 0. The molecule has 0 aliphatic rings. The third kappa shape index (κ3) is 7.06. The van der Waals surface area contributed by atoms with Crippen LogP contribution in [0.3, 0.4) is 0 Å². The Balaban J connectivity index is 0.00000121. The predicted octanol–water partition coefficient (Wildman–Crippen LogP) is 5.61. The molecule has 0 aliphatic heterocycles. The van der Waals surface area contributed by atoms with Crippen LogP contribution in [0.25, 0.3) is 0 Å². The van der Waals surface area contributed by atoms with Crippen molar-refractivity contribution in [1.29, 1.82) is 0 Å². The molecule has 2 heteroatoms. The maximum atomic E-state index is 5.32. The first-order valence-corrected chi connectivity index (χ1v) is 10.5. The Morgan fingerprint density at radius 3 is 2.35 bits per heavy atom. The minimum atomic E-state index is 0.657.